The zero-order chi connectivity index (χ0) is 15.5. The van der Waals surface area contributed by atoms with E-state index in [1.807, 2.05) is 30.3 Å². The first-order valence-electron chi connectivity index (χ1n) is 7.88. The van der Waals surface area contributed by atoms with Crippen LogP contribution < -0.4 is 0 Å². The molecule has 5 nitrogen and oxygen atoms in total. The Morgan fingerprint density at radius 3 is 2.64 bits per heavy atom. The third kappa shape index (κ3) is 2.93. The van der Waals surface area contributed by atoms with E-state index in [0.717, 1.165) is 31.2 Å². The van der Waals surface area contributed by atoms with Gasteiger partial charge in [-0.05, 0) is 30.7 Å². The number of nitrogens with zero attached hydrogens (tertiary/aromatic N) is 1. The Balaban J connectivity index is 1.69. The van der Waals surface area contributed by atoms with Gasteiger partial charge in [0.2, 0.25) is 0 Å². The van der Waals surface area contributed by atoms with Crippen LogP contribution in [0.25, 0.3) is 0 Å². The molecule has 0 radical (unpaired) electrons. The number of fused-ring (bicyclic) bond motifs is 1. The average Bonchev–Trinajstić information content (AvgIpc) is 2.93. The van der Waals surface area contributed by atoms with Crippen molar-refractivity contribution in [2.45, 2.75) is 50.8 Å². The van der Waals surface area contributed by atoms with E-state index < -0.39 is 18.1 Å². The van der Waals surface area contributed by atoms with Crippen molar-refractivity contribution in [2.24, 2.45) is 5.92 Å². The molecule has 22 heavy (non-hydrogen) atoms. The second kappa shape index (κ2) is 6.38. The summed E-state index contributed by atoms with van der Waals surface area (Å²) in [6, 6.07) is 8.73. The fourth-order valence-electron chi connectivity index (χ4n) is 3.74. The van der Waals surface area contributed by atoms with Crippen molar-refractivity contribution in [1.29, 1.82) is 0 Å². The summed E-state index contributed by atoms with van der Waals surface area (Å²) in [6.07, 6.45) is 4.13. The number of carbonyl (C=O) groups is 2. The summed E-state index contributed by atoms with van der Waals surface area (Å²) in [4.78, 5) is 25.4. The molecule has 2 fully saturated rings. The van der Waals surface area contributed by atoms with E-state index in [9.17, 15) is 14.7 Å². The van der Waals surface area contributed by atoms with Crippen LogP contribution in [0.1, 0.15) is 37.7 Å². The first kappa shape index (κ1) is 14.9. The van der Waals surface area contributed by atoms with E-state index in [-0.39, 0.29) is 12.6 Å². The predicted octanol–water partition coefficient (Wildman–Crippen LogP) is 3.04. The molecule has 1 aromatic carbocycles. The summed E-state index contributed by atoms with van der Waals surface area (Å²) in [7, 11) is 0. The molecule has 1 saturated carbocycles. The van der Waals surface area contributed by atoms with Crippen molar-refractivity contribution >= 4 is 12.1 Å². The molecule has 1 aliphatic heterocycles. The molecule has 1 aliphatic carbocycles. The maximum Gasteiger partial charge on any atom is 0.411 e. The molecular formula is C17H21NO4. The molecule has 0 bridgehead atoms. The Bertz CT molecular complexity index is 545. The van der Waals surface area contributed by atoms with E-state index in [2.05, 4.69) is 0 Å². The van der Waals surface area contributed by atoms with Crippen molar-refractivity contribution in [3.8, 4) is 0 Å². The van der Waals surface area contributed by atoms with Crippen LogP contribution in [0.15, 0.2) is 30.3 Å². The van der Waals surface area contributed by atoms with Crippen molar-refractivity contribution in [2.75, 3.05) is 0 Å². The Kier molecular flexibility index (Phi) is 4.32. The zero-order valence-corrected chi connectivity index (χ0v) is 12.5. The molecule has 1 saturated heterocycles. The number of benzene rings is 1. The molecule has 1 amide bonds. The second-order valence-corrected chi connectivity index (χ2v) is 6.15. The largest absolute Gasteiger partial charge is 0.480 e. The second-order valence-electron chi connectivity index (χ2n) is 6.15. The van der Waals surface area contributed by atoms with Crippen LogP contribution >= 0.6 is 0 Å². The number of aliphatic carboxylic acids is 1. The van der Waals surface area contributed by atoms with Crippen LogP contribution in [0, 0.1) is 5.92 Å². The van der Waals surface area contributed by atoms with Crippen molar-refractivity contribution < 1.29 is 19.4 Å². The van der Waals surface area contributed by atoms with E-state index in [0.29, 0.717) is 12.3 Å². The quantitative estimate of drug-likeness (QED) is 0.932. The molecule has 2 aliphatic rings. The van der Waals surface area contributed by atoms with E-state index in [1.54, 1.807) is 0 Å². The molecular weight excluding hydrogens is 282 g/mol. The third-order valence-corrected chi connectivity index (χ3v) is 4.79. The van der Waals surface area contributed by atoms with Crippen molar-refractivity contribution in [3.05, 3.63) is 35.9 Å². The molecule has 0 unspecified atom stereocenters. The van der Waals surface area contributed by atoms with Crippen LogP contribution in [-0.4, -0.2) is 34.2 Å². The molecule has 5 heteroatoms. The van der Waals surface area contributed by atoms with Crippen LogP contribution in [0.2, 0.25) is 0 Å². The summed E-state index contributed by atoms with van der Waals surface area (Å²) < 4.78 is 5.37. The molecule has 1 N–H and O–H groups in total. The summed E-state index contributed by atoms with van der Waals surface area (Å²) in [6.45, 7) is 0.180. The maximum absolute atomic E-state index is 12.4. The SMILES string of the molecule is O=C(O)[C@@H]1C[C@H]2CCCC[C@@H]2N1C(=O)OCc1ccccc1. The molecule has 0 spiro atoms. The minimum atomic E-state index is -0.925. The van der Waals surface area contributed by atoms with E-state index >= 15 is 0 Å². The summed E-state index contributed by atoms with van der Waals surface area (Å²) in [5, 5.41) is 9.42. The monoisotopic (exact) mass is 303 g/mol. The lowest BCUT2D eigenvalue weighted by molar-refractivity contribution is -0.142. The highest BCUT2D eigenvalue weighted by Crippen LogP contribution is 2.40. The molecule has 1 aromatic rings. The third-order valence-electron chi connectivity index (χ3n) is 4.79. The van der Waals surface area contributed by atoms with Gasteiger partial charge in [0.15, 0.2) is 0 Å². The lowest BCUT2D eigenvalue weighted by Crippen LogP contribution is -2.46. The lowest BCUT2D eigenvalue weighted by atomic mass is 9.85. The Hall–Kier alpha value is -2.04. The highest BCUT2D eigenvalue weighted by molar-refractivity contribution is 5.81. The van der Waals surface area contributed by atoms with Gasteiger partial charge in [-0.25, -0.2) is 9.59 Å². The Labute approximate surface area is 129 Å². The number of carboxylic acids is 1. The van der Waals surface area contributed by atoms with Gasteiger partial charge in [0, 0.05) is 6.04 Å². The first-order valence-corrected chi connectivity index (χ1v) is 7.88. The molecule has 3 rings (SSSR count). The van der Waals surface area contributed by atoms with E-state index in [4.69, 9.17) is 4.74 Å². The first-order chi connectivity index (χ1) is 10.7. The number of ether oxygens (including phenoxy) is 1. The van der Waals surface area contributed by atoms with Crippen molar-refractivity contribution in [1.82, 2.24) is 4.90 Å². The minimum absolute atomic E-state index is 0.0260. The van der Waals surface area contributed by atoms with Gasteiger partial charge in [-0.15, -0.1) is 0 Å². The fraction of sp³-hybridized carbons (Fsp3) is 0.529. The van der Waals surface area contributed by atoms with Gasteiger partial charge in [-0.2, -0.15) is 0 Å². The number of likely N-dealkylation sites (tertiary alicyclic amines) is 1. The number of amides is 1. The minimum Gasteiger partial charge on any atom is -0.480 e. The highest BCUT2D eigenvalue weighted by atomic mass is 16.6. The maximum atomic E-state index is 12.4. The zero-order valence-electron chi connectivity index (χ0n) is 12.5. The van der Waals surface area contributed by atoms with Gasteiger partial charge < -0.3 is 9.84 Å². The van der Waals surface area contributed by atoms with Gasteiger partial charge in [-0.3, -0.25) is 4.90 Å². The molecule has 1 heterocycles. The molecule has 3 atom stereocenters. The Morgan fingerprint density at radius 1 is 1.18 bits per heavy atom. The van der Waals surface area contributed by atoms with Crippen molar-refractivity contribution in [3.63, 3.8) is 0 Å². The number of hydrogen-bond acceptors (Lipinski definition) is 3. The predicted molar refractivity (Wildman–Crippen MR) is 80.3 cm³/mol. The van der Waals surface area contributed by atoms with Crippen LogP contribution in [0.4, 0.5) is 4.79 Å². The lowest BCUT2D eigenvalue weighted by Gasteiger charge is -2.32. The highest BCUT2D eigenvalue weighted by Gasteiger charge is 2.48. The Morgan fingerprint density at radius 2 is 1.91 bits per heavy atom. The van der Waals surface area contributed by atoms with Gasteiger partial charge in [0.05, 0.1) is 0 Å². The van der Waals surface area contributed by atoms with Gasteiger partial charge >= 0.3 is 12.1 Å². The molecule has 0 aromatic heterocycles. The van der Waals surface area contributed by atoms with Gasteiger partial charge in [0.1, 0.15) is 12.6 Å². The van der Waals surface area contributed by atoms with Gasteiger partial charge in [0.25, 0.3) is 0 Å². The number of carboxylic acid groups (broad SMARTS) is 1. The summed E-state index contributed by atoms with van der Waals surface area (Å²) >= 11 is 0. The average molecular weight is 303 g/mol. The van der Waals surface area contributed by atoms with Crippen LogP contribution in [-0.2, 0) is 16.1 Å². The smallest absolute Gasteiger partial charge is 0.411 e. The fourth-order valence-corrected chi connectivity index (χ4v) is 3.74. The van der Waals surface area contributed by atoms with Crippen LogP contribution in [0.5, 0.6) is 0 Å². The normalized spacial score (nSPS) is 27.3. The topological polar surface area (TPSA) is 66.8 Å². The van der Waals surface area contributed by atoms with E-state index in [1.165, 1.54) is 4.90 Å². The number of carbonyl (C=O) groups excluding carboxylic acids is 1. The van der Waals surface area contributed by atoms with Crippen LogP contribution in [0.3, 0.4) is 0 Å². The summed E-state index contributed by atoms with van der Waals surface area (Å²) in [5.74, 6) is -0.620. The summed E-state index contributed by atoms with van der Waals surface area (Å²) in [5.41, 5.74) is 0.905. The standard InChI is InChI=1S/C17H21NO4/c19-16(20)15-10-13-8-4-5-9-14(13)18(15)17(21)22-11-12-6-2-1-3-7-12/h1-3,6-7,13-15H,4-5,8-11H2,(H,19,20)/t13-,14+,15+/m1/s1. The number of hydrogen-bond donors (Lipinski definition) is 1. The van der Waals surface area contributed by atoms with Gasteiger partial charge in [-0.1, -0.05) is 43.2 Å². The number of rotatable bonds is 3. The molecule has 118 valence electrons.